The predicted molar refractivity (Wildman–Crippen MR) is 55.8 cm³/mol. The third-order valence-electron chi connectivity index (χ3n) is 1.66. The van der Waals surface area contributed by atoms with Gasteiger partial charge in [0.2, 0.25) is 0 Å². The van der Waals surface area contributed by atoms with Crippen molar-refractivity contribution >= 4 is 25.3 Å². The Morgan fingerprint density at radius 3 is 2.42 bits per heavy atom. The van der Waals surface area contributed by atoms with Crippen molar-refractivity contribution in [1.82, 2.24) is 15.0 Å². The van der Waals surface area contributed by atoms with Gasteiger partial charge in [-0.15, -0.1) is 5.10 Å². The van der Waals surface area contributed by atoms with Crippen LogP contribution in [0.5, 0.6) is 0 Å². The summed E-state index contributed by atoms with van der Waals surface area (Å²) in [5, 5.41) is 8.04. The Morgan fingerprint density at radius 2 is 2.00 bits per heavy atom. The SMILES string of the molecule is CC(C)n1nnc(CS)c1CS. The zero-order valence-corrected chi connectivity index (χ0v) is 9.02. The Labute approximate surface area is 83.4 Å². The maximum absolute atomic E-state index is 4.23. The summed E-state index contributed by atoms with van der Waals surface area (Å²) in [6.07, 6.45) is 0. The second-order valence-corrected chi connectivity index (χ2v) is 3.47. The van der Waals surface area contributed by atoms with Gasteiger partial charge in [0.05, 0.1) is 11.4 Å². The van der Waals surface area contributed by atoms with Crippen LogP contribution in [0.15, 0.2) is 0 Å². The zero-order chi connectivity index (χ0) is 9.14. The molecular formula is C7H13N3S2. The van der Waals surface area contributed by atoms with Crippen LogP contribution in [0, 0.1) is 0 Å². The van der Waals surface area contributed by atoms with E-state index in [4.69, 9.17) is 0 Å². The standard InChI is InChI=1S/C7H13N3S2/c1-5(2)10-7(4-12)6(3-11)8-9-10/h5,11-12H,3-4H2,1-2H3. The van der Waals surface area contributed by atoms with Gasteiger partial charge in [0, 0.05) is 17.5 Å². The molecule has 0 aliphatic rings. The molecule has 0 atom stereocenters. The average Bonchev–Trinajstić information content (AvgIpc) is 2.46. The van der Waals surface area contributed by atoms with Gasteiger partial charge in [-0.25, -0.2) is 4.68 Å². The fraction of sp³-hybridized carbons (Fsp3) is 0.714. The lowest BCUT2D eigenvalue weighted by Crippen LogP contribution is -2.06. The number of thiol groups is 2. The maximum Gasteiger partial charge on any atom is 0.0963 e. The minimum Gasteiger partial charge on any atom is -0.246 e. The molecule has 0 amide bonds. The third-order valence-corrected chi connectivity index (χ3v) is 2.26. The molecule has 0 spiro atoms. The van der Waals surface area contributed by atoms with Crippen LogP contribution in [-0.2, 0) is 11.5 Å². The molecule has 0 aromatic carbocycles. The summed E-state index contributed by atoms with van der Waals surface area (Å²) in [6.45, 7) is 4.15. The monoisotopic (exact) mass is 203 g/mol. The second-order valence-electron chi connectivity index (χ2n) is 2.84. The number of hydrogen-bond acceptors (Lipinski definition) is 4. The van der Waals surface area contributed by atoms with E-state index in [1.807, 2.05) is 4.68 Å². The van der Waals surface area contributed by atoms with Gasteiger partial charge in [-0.2, -0.15) is 25.3 Å². The quantitative estimate of drug-likeness (QED) is 0.733. The number of rotatable bonds is 3. The van der Waals surface area contributed by atoms with Crippen LogP contribution in [0.25, 0.3) is 0 Å². The van der Waals surface area contributed by atoms with Crippen LogP contribution in [0.2, 0.25) is 0 Å². The molecule has 0 fully saturated rings. The van der Waals surface area contributed by atoms with Gasteiger partial charge in [0.15, 0.2) is 0 Å². The van der Waals surface area contributed by atoms with Gasteiger partial charge >= 0.3 is 0 Å². The van der Waals surface area contributed by atoms with E-state index in [-0.39, 0.29) is 0 Å². The summed E-state index contributed by atoms with van der Waals surface area (Å²) in [5.41, 5.74) is 2.00. The van der Waals surface area contributed by atoms with Crippen molar-refractivity contribution in [2.24, 2.45) is 0 Å². The highest BCUT2D eigenvalue weighted by molar-refractivity contribution is 7.79. The van der Waals surface area contributed by atoms with Crippen molar-refractivity contribution in [2.45, 2.75) is 31.4 Å². The first-order chi connectivity index (χ1) is 5.70. The van der Waals surface area contributed by atoms with Crippen LogP contribution >= 0.6 is 25.3 Å². The van der Waals surface area contributed by atoms with Crippen molar-refractivity contribution in [1.29, 1.82) is 0 Å². The fourth-order valence-electron chi connectivity index (χ4n) is 1.05. The van der Waals surface area contributed by atoms with E-state index in [1.54, 1.807) is 0 Å². The predicted octanol–water partition coefficient (Wildman–Crippen LogP) is 1.72. The second kappa shape index (κ2) is 4.18. The van der Waals surface area contributed by atoms with Crippen LogP contribution < -0.4 is 0 Å². The van der Waals surface area contributed by atoms with Crippen LogP contribution in [-0.4, -0.2) is 15.0 Å². The van der Waals surface area contributed by atoms with Gasteiger partial charge in [-0.3, -0.25) is 0 Å². The van der Waals surface area contributed by atoms with E-state index in [1.165, 1.54) is 0 Å². The van der Waals surface area contributed by atoms with Gasteiger partial charge in [-0.05, 0) is 13.8 Å². The van der Waals surface area contributed by atoms with Crippen molar-refractivity contribution in [2.75, 3.05) is 0 Å². The van der Waals surface area contributed by atoms with E-state index < -0.39 is 0 Å². The van der Waals surface area contributed by atoms with Crippen molar-refractivity contribution in [3.05, 3.63) is 11.4 Å². The highest BCUT2D eigenvalue weighted by Gasteiger charge is 2.11. The van der Waals surface area contributed by atoms with Crippen molar-refractivity contribution in [3.8, 4) is 0 Å². The largest absolute Gasteiger partial charge is 0.246 e. The molecule has 0 bridgehead atoms. The topological polar surface area (TPSA) is 30.7 Å². The van der Waals surface area contributed by atoms with Gasteiger partial charge in [0.1, 0.15) is 0 Å². The van der Waals surface area contributed by atoms with Crippen LogP contribution in [0.4, 0.5) is 0 Å². The summed E-state index contributed by atoms with van der Waals surface area (Å²) in [6, 6.07) is 0.341. The molecule has 0 radical (unpaired) electrons. The van der Waals surface area contributed by atoms with E-state index in [0.29, 0.717) is 17.5 Å². The summed E-state index contributed by atoms with van der Waals surface area (Å²) in [4.78, 5) is 0. The Kier molecular flexibility index (Phi) is 3.46. The van der Waals surface area contributed by atoms with E-state index in [0.717, 1.165) is 11.4 Å². The molecule has 0 N–H and O–H groups in total. The van der Waals surface area contributed by atoms with Gasteiger partial charge in [0.25, 0.3) is 0 Å². The average molecular weight is 203 g/mol. The molecule has 0 unspecified atom stereocenters. The Balaban J connectivity index is 3.05. The first-order valence-corrected chi connectivity index (χ1v) is 5.11. The lowest BCUT2D eigenvalue weighted by atomic mass is 10.3. The fourth-order valence-corrected chi connectivity index (χ4v) is 1.62. The normalized spacial score (nSPS) is 11.1. The molecule has 0 saturated heterocycles. The number of hydrogen-bond donors (Lipinski definition) is 2. The smallest absolute Gasteiger partial charge is 0.0963 e. The molecule has 3 nitrogen and oxygen atoms in total. The molecule has 12 heavy (non-hydrogen) atoms. The lowest BCUT2D eigenvalue weighted by Gasteiger charge is -2.07. The highest BCUT2D eigenvalue weighted by atomic mass is 32.1. The van der Waals surface area contributed by atoms with Crippen molar-refractivity contribution in [3.63, 3.8) is 0 Å². The molecule has 5 heteroatoms. The maximum atomic E-state index is 4.23. The minimum atomic E-state index is 0.341. The Hall–Kier alpha value is -0.160. The minimum absolute atomic E-state index is 0.341. The van der Waals surface area contributed by atoms with Crippen LogP contribution in [0.1, 0.15) is 31.3 Å². The molecule has 1 aromatic rings. The third kappa shape index (κ3) is 1.77. The molecule has 1 rings (SSSR count). The first-order valence-electron chi connectivity index (χ1n) is 3.85. The molecule has 1 heterocycles. The summed E-state index contributed by atoms with van der Waals surface area (Å²) >= 11 is 8.40. The zero-order valence-electron chi connectivity index (χ0n) is 7.23. The Bertz CT molecular complexity index is 257. The van der Waals surface area contributed by atoms with Gasteiger partial charge < -0.3 is 0 Å². The van der Waals surface area contributed by atoms with E-state index >= 15 is 0 Å². The first kappa shape index (κ1) is 9.92. The highest BCUT2D eigenvalue weighted by Crippen LogP contribution is 2.14. The molecule has 68 valence electrons. The number of nitrogens with zero attached hydrogens (tertiary/aromatic N) is 3. The molecule has 0 aliphatic carbocycles. The summed E-state index contributed by atoms with van der Waals surface area (Å²) in [7, 11) is 0. The lowest BCUT2D eigenvalue weighted by molar-refractivity contribution is 0.501. The summed E-state index contributed by atoms with van der Waals surface area (Å²) in [5.74, 6) is 1.30. The molecular weight excluding hydrogens is 190 g/mol. The van der Waals surface area contributed by atoms with Crippen LogP contribution in [0.3, 0.4) is 0 Å². The molecule has 0 saturated carbocycles. The van der Waals surface area contributed by atoms with Crippen molar-refractivity contribution < 1.29 is 0 Å². The summed E-state index contributed by atoms with van der Waals surface area (Å²) < 4.78 is 1.89. The number of aromatic nitrogens is 3. The Morgan fingerprint density at radius 1 is 1.33 bits per heavy atom. The van der Waals surface area contributed by atoms with Gasteiger partial charge in [-0.1, -0.05) is 5.21 Å². The molecule has 1 aromatic heterocycles. The van der Waals surface area contributed by atoms with E-state index in [9.17, 15) is 0 Å². The molecule has 0 aliphatic heterocycles. The van der Waals surface area contributed by atoms with E-state index in [2.05, 4.69) is 49.4 Å².